The molecule has 2 heterocycles. The van der Waals surface area contributed by atoms with Gasteiger partial charge in [0.2, 0.25) is 5.28 Å². The van der Waals surface area contributed by atoms with Crippen LogP contribution < -0.4 is 0 Å². The highest BCUT2D eigenvalue weighted by Gasteiger charge is 2.15. The van der Waals surface area contributed by atoms with Crippen molar-refractivity contribution < 1.29 is 4.74 Å². The number of halogens is 3. The normalized spacial score (nSPS) is 12.3. The Morgan fingerprint density at radius 2 is 2.00 bits per heavy atom. The first-order valence-electron chi connectivity index (χ1n) is 6.23. The lowest BCUT2D eigenvalue weighted by Crippen LogP contribution is -2.22. The van der Waals surface area contributed by atoms with Crippen LogP contribution in [0.1, 0.15) is 0 Å². The van der Waals surface area contributed by atoms with Crippen molar-refractivity contribution in [3.05, 3.63) is 21.1 Å². The quantitative estimate of drug-likeness (QED) is 0.315. The molecule has 0 aromatic carbocycles. The van der Waals surface area contributed by atoms with Gasteiger partial charge in [0.05, 0.1) is 5.39 Å². The maximum Gasteiger partial charge on any atom is 0.225 e. The Morgan fingerprint density at radius 3 is 2.65 bits per heavy atom. The van der Waals surface area contributed by atoms with E-state index in [2.05, 4.69) is 45.5 Å². The number of ether oxygens (including phenoxy) is 1. The van der Waals surface area contributed by atoms with Gasteiger partial charge in [-0.15, -0.1) is 0 Å². The smallest absolute Gasteiger partial charge is 0.225 e. The number of hydrogen-bond acceptors (Lipinski definition) is 3. The van der Waals surface area contributed by atoms with Crippen LogP contribution in [0.15, 0.2) is 10.7 Å². The van der Waals surface area contributed by atoms with Crippen molar-refractivity contribution in [2.24, 2.45) is 0 Å². The zero-order chi connectivity index (χ0) is 14.9. The number of rotatable bonds is 5. The number of nitrogens with zero attached hydrogens (tertiary/aromatic N) is 3. The van der Waals surface area contributed by atoms with Crippen LogP contribution in [0, 0.1) is 0 Å². The van der Waals surface area contributed by atoms with E-state index in [0.717, 1.165) is 22.5 Å². The van der Waals surface area contributed by atoms with E-state index in [1.54, 1.807) is 0 Å². The van der Waals surface area contributed by atoms with Crippen molar-refractivity contribution in [3.63, 3.8) is 0 Å². The summed E-state index contributed by atoms with van der Waals surface area (Å²) >= 11 is 15.4. The van der Waals surface area contributed by atoms with Gasteiger partial charge >= 0.3 is 0 Å². The van der Waals surface area contributed by atoms with E-state index in [4.69, 9.17) is 27.9 Å². The second kappa shape index (κ2) is 6.32. The summed E-state index contributed by atoms with van der Waals surface area (Å²) in [5.74, 6) is 0. The Morgan fingerprint density at radius 1 is 1.30 bits per heavy atom. The van der Waals surface area contributed by atoms with Gasteiger partial charge in [0.15, 0.2) is 0 Å². The fraction of sp³-hybridized carbons (Fsp3) is 0.500. The second-order valence-corrected chi connectivity index (χ2v) is 12.9. The van der Waals surface area contributed by atoms with E-state index in [-0.39, 0.29) is 5.28 Å². The van der Waals surface area contributed by atoms with E-state index < -0.39 is 8.07 Å². The number of fused-ring (bicyclic) bond motifs is 1. The number of aromatic nitrogens is 3. The molecule has 0 saturated carbocycles. The summed E-state index contributed by atoms with van der Waals surface area (Å²) in [6.45, 7) is 8.15. The lowest BCUT2D eigenvalue weighted by Gasteiger charge is -2.15. The molecule has 0 fully saturated rings. The fourth-order valence-electron chi connectivity index (χ4n) is 1.71. The van der Waals surface area contributed by atoms with Gasteiger partial charge in [-0.05, 0) is 33.6 Å². The van der Waals surface area contributed by atoms with Gasteiger partial charge in [-0.3, -0.25) is 0 Å². The highest BCUT2D eigenvalue weighted by molar-refractivity contribution is 9.10. The summed E-state index contributed by atoms with van der Waals surface area (Å²) in [5.41, 5.74) is 0.676. The van der Waals surface area contributed by atoms with Crippen molar-refractivity contribution in [1.82, 2.24) is 14.5 Å². The lowest BCUT2D eigenvalue weighted by atomic mass is 10.4. The van der Waals surface area contributed by atoms with Crippen LogP contribution in [0.25, 0.3) is 11.0 Å². The largest absolute Gasteiger partial charge is 0.361 e. The molecular weight excluding hydrogens is 381 g/mol. The molecule has 0 aliphatic heterocycles. The average Bonchev–Trinajstić information content (AvgIpc) is 2.60. The maximum atomic E-state index is 6.09. The predicted octanol–water partition coefficient (Wildman–Crippen LogP) is 4.81. The minimum atomic E-state index is -1.07. The van der Waals surface area contributed by atoms with E-state index in [0.29, 0.717) is 17.5 Å². The molecule has 0 bridgehead atoms. The molecule has 2 aromatic rings. The van der Waals surface area contributed by atoms with E-state index in [1.807, 2.05) is 10.8 Å². The summed E-state index contributed by atoms with van der Waals surface area (Å²) in [7, 11) is -1.07. The van der Waals surface area contributed by atoms with Crippen molar-refractivity contribution in [2.45, 2.75) is 32.4 Å². The highest BCUT2D eigenvalue weighted by atomic mass is 79.9. The lowest BCUT2D eigenvalue weighted by molar-refractivity contribution is 0.0898. The molecule has 2 rings (SSSR count). The summed E-state index contributed by atoms with van der Waals surface area (Å²) in [5, 5.41) is 1.23. The third kappa shape index (κ3) is 3.95. The van der Waals surface area contributed by atoms with Gasteiger partial charge in [-0.1, -0.05) is 31.2 Å². The third-order valence-electron chi connectivity index (χ3n) is 2.83. The average molecular weight is 397 g/mol. The predicted molar refractivity (Wildman–Crippen MR) is 89.4 cm³/mol. The first-order chi connectivity index (χ1) is 9.28. The molecule has 4 nitrogen and oxygen atoms in total. The molecule has 0 unspecified atom stereocenters. The van der Waals surface area contributed by atoms with Crippen LogP contribution in [-0.2, 0) is 11.5 Å². The summed E-state index contributed by atoms with van der Waals surface area (Å²) in [6.07, 6.45) is 1.88. The van der Waals surface area contributed by atoms with Crippen LogP contribution in [0.4, 0.5) is 0 Å². The molecule has 0 N–H and O–H groups in total. The Labute approximate surface area is 137 Å². The van der Waals surface area contributed by atoms with Gasteiger partial charge in [-0.2, -0.15) is 4.98 Å². The first kappa shape index (κ1) is 16.2. The monoisotopic (exact) mass is 395 g/mol. The molecule has 0 spiro atoms. The molecule has 0 amide bonds. The van der Waals surface area contributed by atoms with Crippen molar-refractivity contribution >= 4 is 58.2 Å². The molecule has 0 saturated heterocycles. The van der Waals surface area contributed by atoms with Gasteiger partial charge in [0.25, 0.3) is 0 Å². The van der Waals surface area contributed by atoms with E-state index in [1.165, 1.54) is 0 Å². The molecule has 8 heteroatoms. The minimum absolute atomic E-state index is 0.136. The Bertz CT molecular complexity index is 627. The molecule has 0 aliphatic carbocycles. The van der Waals surface area contributed by atoms with Crippen LogP contribution in [0.3, 0.4) is 0 Å². The van der Waals surface area contributed by atoms with Crippen LogP contribution >= 0.6 is 39.1 Å². The second-order valence-electron chi connectivity index (χ2n) is 5.78. The van der Waals surface area contributed by atoms with Crippen molar-refractivity contribution in [3.8, 4) is 0 Å². The molecular formula is C12H16BrCl2N3OSi. The van der Waals surface area contributed by atoms with Gasteiger partial charge in [0, 0.05) is 25.4 Å². The van der Waals surface area contributed by atoms with Gasteiger partial charge in [0.1, 0.15) is 17.5 Å². The van der Waals surface area contributed by atoms with Crippen LogP contribution in [0.2, 0.25) is 36.1 Å². The molecule has 0 aliphatic rings. The molecule has 0 atom stereocenters. The standard InChI is InChI=1S/C12H16BrCl2N3OSi/c1-20(2,3)5-4-19-7-18-6-8(13)9-10(14)16-12(15)17-11(9)18/h6H,4-5,7H2,1-3H3. The van der Waals surface area contributed by atoms with Gasteiger partial charge in [-0.25, -0.2) is 4.98 Å². The van der Waals surface area contributed by atoms with Crippen molar-refractivity contribution in [2.75, 3.05) is 6.61 Å². The molecule has 110 valence electrons. The van der Waals surface area contributed by atoms with E-state index in [9.17, 15) is 0 Å². The topological polar surface area (TPSA) is 39.9 Å². The summed E-state index contributed by atoms with van der Waals surface area (Å²) in [4.78, 5) is 8.16. The molecule has 0 radical (unpaired) electrons. The van der Waals surface area contributed by atoms with Gasteiger partial charge < -0.3 is 9.30 Å². The molecule has 20 heavy (non-hydrogen) atoms. The zero-order valence-electron chi connectivity index (χ0n) is 11.6. The first-order valence-corrected chi connectivity index (χ1v) is 11.5. The molecule has 2 aromatic heterocycles. The maximum absolute atomic E-state index is 6.09. The number of hydrogen-bond donors (Lipinski definition) is 0. The van der Waals surface area contributed by atoms with Crippen LogP contribution in [0.5, 0.6) is 0 Å². The highest BCUT2D eigenvalue weighted by Crippen LogP contribution is 2.31. The Hall–Kier alpha value is -0.143. The third-order valence-corrected chi connectivity index (χ3v) is 5.57. The van der Waals surface area contributed by atoms with E-state index >= 15 is 0 Å². The minimum Gasteiger partial charge on any atom is -0.361 e. The zero-order valence-corrected chi connectivity index (χ0v) is 15.7. The fourth-order valence-corrected chi connectivity index (χ4v) is 3.67. The Balaban J connectivity index is 2.15. The summed E-state index contributed by atoms with van der Waals surface area (Å²) < 4.78 is 8.44. The van der Waals surface area contributed by atoms with Crippen LogP contribution in [-0.4, -0.2) is 29.2 Å². The Kier molecular flexibility index (Phi) is 5.13. The van der Waals surface area contributed by atoms with Crippen molar-refractivity contribution in [1.29, 1.82) is 0 Å². The SMILES string of the molecule is C[Si](C)(C)CCOCn1cc(Br)c2c(Cl)nc(Cl)nc21. The summed E-state index contributed by atoms with van der Waals surface area (Å²) in [6, 6.07) is 1.13.